The molecular formula is C13H17Cl2NO. The van der Waals surface area contributed by atoms with Gasteiger partial charge in [-0.1, -0.05) is 23.2 Å². The first-order valence-corrected chi connectivity index (χ1v) is 6.59. The average molecular weight is 274 g/mol. The zero-order chi connectivity index (χ0) is 12.5. The van der Waals surface area contributed by atoms with Crippen LogP contribution in [-0.2, 0) is 4.74 Å². The first-order valence-electron chi connectivity index (χ1n) is 5.83. The van der Waals surface area contributed by atoms with Crippen LogP contribution in [0.25, 0.3) is 0 Å². The Hall–Kier alpha value is -0.440. The number of benzene rings is 1. The minimum atomic E-state index is 0.0178. The second-order valence-electron chi connectivity index (χ2n) is 5.05. The molecule has 1 aromatic rings. The number of halogens is 2. The Bertz CT molecular complexity index is 406. The summed E-state index contributed by atoms with van der Waals surface area (Å²) in [5, 5.41) is 4.48. The predicted octanol–water partition coefficient (Wildman–Crippen LogP) is 4.36. The summed E-state index contributed by atoms with van der Waals surface area (Å²) in [4.78, 5) is 0. The largest absolute Gasteiger partial charge is 0.382 e. The van der Waals surface area contributed by atoms with Crippen molar-refractivity contribution in [3.63, 3.8) is 0 Å². The van der Waals surface area contributed by atoms with Crippen LogP contribution in [0.4, 0.5) is 5.69 Å². The third-order valence-electron chi connectivity index (χ3n) is 3.01. The molecule has 94 valence electrons. The maximum absolute atomic E-state index is 5.95. The van der Waals surface area contributed by atoms with Crippen molar-refractivity contribution in [2.75, 3.05) is 11.9 Å². The predicted molar refractivity (Wildman–Crippen MR) is 73.1 cm³/mol. The first-order chi connectivity index (χ1) is 7.96. The highest BCUT2D eigenvalue weighted by Gasteiger charge is 2.31. The number of rotatable bonds is 3. The number of nitrogens with one attached hydrogen (secondary N) is 1. The molecule has 1 aromatic carbocycles. The molecule has 0 amide bonds. The van der Waals surface area contributed by atoms with Gasteiger partial charge in [-0.25, -0.2) is 0 Å². The molecule has 17 heavy (non-hydrogen) atoms. The fraction of sp³-hybridized carbons (Fsp3) is 0.538. The Morgan fingerprint density at radius 3 is 2.71 bits per heavy atom. The standard InChI is InChI=1S/C13H17Cl2NO/c1-13(2)6-5-10(17-13)8-16-9-3-4-11(14)12(15)7-9/h3-4,7,10,16H,5-6,8H2,1-2H3. The van der Waals surface area contributed by atoms with E-state index in [-0.39, 0.29) is 11.7 Å². The van der Waals surface area contributed by atoms with Crippen molar-refractivity contribution in [2.24, 2.45) is 0 Å². The SMILES string of the molecule is CC1(C)CCC(CNc2ccc(Cl)c(Cl)c2)O1. The molecule has 0 bridgehead atoms. The van der Waals surface area contributed by atoms with E-state index in [4.69, 9.17) is 27.9 Å². The zero-order valence-electron chi connectivity index (χ0n) is 10.1. The van der Waals surface area contributed by atoms with Crippen molar-refractivity contribution in [1.29, 1.82) is 0 Å². The normalized spacial score (nSPS) is 22.7. The molecule has 1 N–H and O–H groups in total. The molecule has 2 rings (SSSR count). The molecule has 0 spiro atoms. The lowest BCUT2D eigenvalue weighted by molar-refractivity contribution is -0.00910. The van der Waals surface area contributed by atoms with E-state index in [1.165, 1.54) is 0 Å². The minimum absolute atomic E-state index is 0.0178. The maximum Gasteiger partial charge on any atom is 0.0755 e. The van der Waals surface area contributed by atoms with E-state index in [0.717, 1.165) is 25.1 Å². The van der Waals surface area contributed by atoms with Crippen molar-refractivity contribution in [3.05, 3.63) is 28.2 Å². The Balaban J connectivity index is 1.88. The smallest absolute Gasteiger partial charge is 0.0755 e. The molecule has 1 fully saturated rings. The Kier molecular flexibility index (Phi) is 3.86. The zero-order valence-corrected chi connectivity index (χ0v) is 11.6. The number of ether oxygens (including phenoxy) is 1. The summed E-state index contributed by atoms with van der Waals surface area (Å²) in [5.41, 5.74) is 0.997. The Morgan fingerprint density at radius 2 is 2.12 bits per heavy atom. The number of anilines is 1. The Morgan fingerprint density at radius 1 is 1.35 bits per heavy atom. The van der Waals surface area contributed by atoms with Crippen molar-refractivity contribution in [3.8, 4) is 0 Å². The van der Waals surface area contributed by atoms with Crippen LogP contribution >= 0.6 is 23.2 Å². The highest BCUT2D eigenvalue weighted by Crippen LogP contribution is 2.30. The van der Waals surface area contributed by atoms with Gasteiger partial charge in [0, 0.05) is 12.2 Å². The maximum atomic E-state index is 5.95. The molecular weight excluding hydrogens is 257 g/mol. The van der Waals surface area contributed by atoms with Gasteiger partial charge in [-0.05, 0) is 44.9 Å². The van der Waals surface area contributed by atoms with Gasteiger partial charge >= 0.3 is 0 Å². The van der Waals surface area contributed by atoms with Gasteiger partial charge in [0.2, 0.25) is 0 Å². The summed E-state index contributed by atoms with van der Waals surface area (Å²) in [7, 11) is 0. The summed E-state index contributed by atoms with van der Waals surface area (Å²) in [6.07, 6.45) is 2.49. The molecule has 1 saturated heterocycles. The lowest BCUT2D eigenvalue weighted by Crippen LogP contribution is -2.24. The van der Waals surface area contributed by atoms with Gasteiger partial charge in [-0.2, -0.15) is 0 Å². The van der Waals surface area contributed by atoms with Gasteiger partial charge in [0.05, 0.1) is 21.8 Å². The van der Waals surface area contributed by atoms with E-state index in [2.05, 4.69) is 19.2 Å². The van der Waals surface area contributed by atoms with Gasteiger partial charge < -0.3 is 10.1 Å². The first kappa shape index (κ1) is 13.0. The fourth-order valence-electron chi connectivity index (χ4n) is 2.06. The third-order valence-corrected chi connectivity index (χ3v) is 3.75. The molecule has 1 atom stereocenters. The highest BCUT2D eigenvalue weighted by atomic mass is 35.5. The van der Waals surface area contributed by atoms with Crippen molar-refractivity contribution >= 4 is 28.9 Å². The van der Waals surface area contributed by atoms with Crippen LogP contribution in [-0.4, -0.2) is 18.2 Å². The van der Waals surface area contributed by atoms with Crippen LogP contribution in [0, 0.1) is 0 Å². The van der Waals surface area contributed by atoms with Crippen LogP contribution in [0.15, 0.2) is 18.2 Å². The molecule has 1 aliphatic heterocycles. The molecule has 2 nitrogen and oxygen atoms in total. The number of hydrogen-bond donors (Lipinski definition) is 1. The molecule has 4 heteroatoms. The molecule has 0 aliphatic carbocycles. The van der Waals surface area contributed by atoms with E-state index in [9.17, 15) is 0 Å². The molecule has 0 aromatic heterocycles. The summed E-state index contributed by atoms with van der Waals surface area (Å²) in [6.45, 7) is 5.07. The van der Waals surface area contributed by atoms with E-state index in [0.29, 0.717) is 10.0 Å². The van der Waals surface area contributed by atoms with E-state index in [1.54, 1.807) is 6.07 Å². The second kappa shape index (κ2) is 5.05. The quantitative estimate of drug-likeness (QED) is 0.884. The lowest BCUT2D eigenvalue weighted by atomic mass is 10.1. The van der Waals surface area contributed by atoms with Gasteiger partial charge in [0.1, 0.15) is 0 Å². The Labute approximate surface area is 112 Å². The molecule has 1 heterocycles. The van der Waals surface area contributed by atoms with Crippen LogP contribution in [0.2, 0.25) is 10.0 Å². The molecule has 1 unspecified atom stereocenters. The molecule has 0 radical (unpaired) electrons. The fourth-order valence-corrected chi connectivity index (χ4v) is 2.36. The molecule has 1 aliphatic rings. The highest BCUT2D eigenvalue weighted by molar-refractivity contribution is 6.42. The second-order valence-corrected chi connectivity index (χ2v) is 5.86. The topological polar surface area (TPSA) is 21.3 Å². The summed E-state index contributed by atoms with van der Waals surface area (Å²) in [6, 6.07) is 5.56. The van der Waals surface area contributed by atoms with Crippen molar-refractivity contribution in [1.82, 2.24) is 0 Å². The lowest BCUT2D eigenvalue weighted by Gasteiger charge is -2.19. The van der Waals surface area contributed by atoms with Crippen LogP contribution in [0.5, 0.6) is 0 Å². The monoisotopic (exact) mass is 273 g/mol. The third kappa shape index (κ3) is 3.51. The van der Waals surface area contributed by atoms with E-state index in [1.807, 2.05) is 12.1 Å². The summed E-state index contributed by atoms with van der Waals surface area (Å²) < 4.78 is 5.90. The van der Waals surface area contributed by atoms with E-state index < -0.39 is 0 Å². The van der Waals surface area contributed by atoms with Gasteiger partial charge in [0.25, 0.3) is 0 Å². The van der Waals surface area contributed by atoms with Crippen LogP contribution in [0.1, 0.15) is 26.7 Å². The van der Waals surface area contributed by atoms with Gasteiger partial charge in [-0.15, -0.1) is 0 Å². The number of hydrogen-bond acceptors (Lipinski definition) is 2. The van der Waals surface area contributed by atoms with Crippen LogP contribution in [0.3, 0.4) is 0 Å². The average Bonchev–Trinajstić information content (AvgIpc) is 2.60. The van der Waals surface area contributed by atoms with Crippen LogP contribution < -0.4 is 5.32 Å². The summed E-state index contributed by atoms with van der Waals surface area (Å²) in [5.74, 6) is 0. The van der Waals surface area contributed by atoms with Gasteiger partial charge in [0.15, 0.2) is 0 Å². The van der Waals surface area contributed by atoms with Crippen molar-refractivity contribution in [2.45, 2.75) is 38.4 Å². The summed E-state index contributed by atoms with van der Waals surface area (Å²) >= 11 is 11.8. The molecule has 0 saturated carbocycles. The van der Waals surface area contributed by atoms with Gasteiger partial charge in [-0.3, -0.25) is 0 Å². The van der Waals surface area contributed by atoms with Crippen molar-refractivity contribution < 1.29 is 4.74 Å². The van der Waals surface area contributed by atoms with E-state index >= 15 is 0 Å². The minimum Gasteiger partial charge on any atom is -0.382 e.